The number of Topliss-reactive ketones (excluding diaryl/α,β-unsaturated/α-hetero) is 1. The van der Waals surface area contributed by atoms with Gasteiger partial charge >= 0.3 is 6.16 Å². The fourth-order valence-corrected chi connectivity index (χ4v) is 4.22. The van der Waals surface area contributed by atoms with E-state index in [1.807, 2.05) is 13.8 Å². The maximum atomic E-state index is 12.7. The molecule has 1 fully saturated rings. The molecule has 3 rings (SSSR count). The molecule has 5 N–H and O–H groups in total. The van der Waals surface area contributed by atoms with Crippen molar-refractivity contribution in [3.8, 4) is 11.5 Å². The number of carbonyl (C=O) groups excluding carboxylic acids is 1. The minimum atomic E-state index is -3.40. The normalized spacial score (nSPS) is 24.7. The number of hydrogen-bond donors (Lipinski definition) is 5. The summed E-state index contributed by atoms with van der Waals surface area (Å²) in [5.41, 5.74) is 1.39. The SMILES string of the molecule is COc1cc2c(cc1OC(O)(O)O)C1CC(=O)C(CC(C)C)C(O)(O)N1CC2. The molecule has 156 valence electrons. The van der Waals surface area contributed by atoms with Gasteiger partial charge in [0, 0.05) is 19.0 Å². The molecule has 0 radical (unpaired) electrons. The van der Waals surface area contributed by atoms with Crippen LogP contribution < -0.4 is 9.47 Å². The summed E-state index contributed by atoms with van der Waals surface area (Å²) in [6, 6.07) is 2.43. The lowest BCUT2D eigenvalue weighted by molar-refractivity contribution is -0.419. The average molecular weight is 397 g/mol. The van der Waals surface area contributed by atoms with E-state index in [9.17, 15) is 15.0 Å². The second-order valence-electron chi connectivity index (χ2n) is 7.88. The van der Waals surface area contributed by atoms with Crippen LogP contribution in [0.4, 0.5) is 0 Å². The molecule has 2 unspecified atom stereocenters. The van der Waals surface area contributed by atoms with Gasteiger partial charge in [0.1, 0.15) is 5.78 Å². The van der Waals surface area contributed by atoms with E-state index < -0.39 is 24.0 Å². The fourth-order valence-electron chi connectivity index (χ4n) is 4.22. The molecule has 9 heteroatoms. The van der Waals surface area contributed by atoms with E-state index >= 15 is 0 Å². The minimum absolute atomic E-state index is 0.0849. The van der Waals surface area contributed by atoms with Crippen LogP contribution in [-0.4, -0.2) is 61.9 Å². The van der Waals surface area contributed by atoms with Crippen LogP contribution in [0.5, 0.6) is 11.5 Å². The molecule has 28 heavy (non-hydrogen) atoms. The smallest absolute Gasteiger partial charge is 0.453 e. The highest BCUT2D eigenvalue weighted by Crippen LogP contribution is 2.47. The van der Waals surface area contributed by atoms with Crippen molar-refractivity contribution in [2.24, 2.45) is 11.8 Å². The van der Waals surface area contributed by atoms with Crippen molar-refractivity contribution in [2.75, 3.05) is 13.7 Å². The Kier molecular flexibility index (Phi) is 5.43. The molecule has 2 atom stereocenters. The van der Waals surface area contributed by atoms with Gasteiger partial charge in [0.15, 0.2) is 11.5 Å². The van der Waals surface area contributed by atoms with Crippen molar-refractivity contribution in [2.45, 2.75) is 51.2 Å². The molecule has 0 aromatic heterocycles. The fraction of sp³-hybridized carbons (Fsp3) is 0.632. The third kappa shape index (κ3) is 3.86. The van der Waals surface area contributed by atoms with Crippen LogP contribution in [0, 0.1) is 11.8 Å². The van der Waals surface area contributed by atoms with Crippen molar-refractivity contribution in [1.29, 1.82) is 0 Å². The maximum Gasteiger partial charge on any atom is 0.453 e. The molecule has 2 aliphatic heterocycles. The van der Waals surface area contributed by atoms with Crippen LogP contribution in [0.3, 0.4) is 0 Å². The third-order valence-corrected chi connectivity index (χ3v) is 5.41. The number of nitrogens with zero attached hydrogens (tertiary/aromatic N) is 1. The Morgan fingerprint density at radius 2 is 1.93 bits per heavy atom. The highest BCUT2D eigenvalue weighted by molar-refractivity contribution is 5.84. The number of methoxy groups -OCH3 is 1. The number of benzene rings is 1. The van der Waals surface area contributed by atoms with Gasteiger partial charge in [0.2, 0.25) is 5.91 Å². The third-order valence-electron chi connectivity index (χ3n) is 5.41. The molecule has 0 bridgehead atoms. The summed E-state index contributed by atoms with van der Waals surface area (Å²) in [5, 5.41) is 49.1. The number of piperidine rings is 1. The number of aliphatic hydroxyl groups is 5. The first-order chi connectivity index (χ1) is 12.9. The van der Waals surface area contributed by atoms with Gasteiger partial charge in [0.05, 0.1) is 13.0 Å². The van der Waals surface area contributed by atoms with Gasteiger partial charge in [0.25, 0.3) is 0 Å². The van der Waals surface area contributed by atoms with E-state index in [0.717, 1.165) is 5.56 Å². The Balaban J connectivity index is 2.01. The first-order valence-electron chi connectivity index (χ1n) is 9.25. The monoisotopic (exact) mass is 397 g/mol. The highest BCUT2D eigenvalue weighted by Gasteiger charge is 2.53. The lowest BCUT2D eigenvalue weighted by atomic mass is 9.77. The second kappa shape index (κ2) is 7.25. The van der Waals surface area contributed by atoms with E-state index in [1.54, 1.807) is 6.07 Å². The summed E-state index contributed by atoms with van der Waals surface area (Å²) in [4.78, 5) is 14.2. The number of ether oxygens (including phenoxy) is 2. The molecule has 0 spiro atoms. The lowest BCUT2D eigenvalue weighted by Gasteiger charge is -2.51. The zero-order valence-electron chi connectivity index (χ0n) is 16.1. The van der Waals surface area contributed by atoms with Gasteiger partial charge in [-0.15, -0.1) is 0 Å². The van der Waals surface area contributed by atoms with Gasteiger partial charge in [-0.2, -0.15) is 0 Å². The Morgan fingerprint density at radius 3 is 2.50 bits per heavy atom. The molecular formula is C19H27NO8. The van der Waals surface area contributed by atoms with Crippen LogP contribution >= 0.6 is 0 Å². The molecule has 1 saturated heterocycles. The molecule has 1 aromatic rings. The van der Waals surface area contributed by atoms with Gasteiger partial charge in [-0.25, -0.2) is 4.90 Å². The molecule has 2 heterocycles. The zero-order valence-corrected chi connectivity index (χ0v) is 16.1. The van der Waals surface area contributed by atoms with Crippen molar-refractivity contribution >= 4 is 5.78 Å². The molecule has 0 saturated carbocycles. The Labute approximate surface area is 162 Å². The van der Waals surface area contributed by atoms with Crippen molar-refractivity contribution in [1.82, 2.24) is 4.90 Å². The van der Waals surface area contributed by atoms with E-state index in [1.165, 1.54) is 18.1 Å². The molecule has 1 aromatic carbocycles. The van der Waals surface area contributed by atoms with Gasteiger partial charge in [-0.3, -0.25) is 4.79 Å². The lowest BCUT2D eigenvalue weighted by Crippen LogP contribution is -2.63. The summed E-state index contributed by atoms with van der Waals surface area (Å²) in [5.74, 6) is -3.28. The van der Waals surface area contributed by atoms with E-state index in [-0.39, 0.29) is 29.6 Å². The predicted molar refractivity (Wildman–Crippen MR) is 95.9 cm³/mol. The minimum Gasteiger partial charge on any atom is -0.493 e. The summed E-state index contributed by atoms with van der Waals surface area (Å²) in [7, 11) is 1.37. The first-order valence-corrected chi connectivity index (χ1v) is 9.25. The van der Waals surface area contributed by atoms with Crippen molar-refractivity contribution < 1.29 is 39.8 Å². The molecule has 9 nitrogen and oxygen atoms in total. The Hall–Kier alpha value is -1.75. The standard InChI is InChI=1S/C19H27NO8/c1-10(2)6-13-15(21)9-14-12-8-17(28-19(24,25)26)16(27-3)7-11(12)4-5-20(14)18(13,22)23/h7-8,10,13-14,22-26H,4-6,9H2,1-3H3. The zero-order chi connectivity index (χ0) is 20.9. The van der Waals surface area contributed by atoms with E-state index in [2.05, 4.69) is 0 Å². The molecule has 2 aliphatic rings. The number of ketones is 1. The van der Waals surface area contributed by atoms with Crippen LogP contribution in [0.15, 0.2) is 12.1 Å². The summed E-state index contributed by atoms with van der Waals surface area (Å²) in [6.07, 6.45) is -2.49. The van der Waals surface area contributed by atoms with Crippen LogP contribution in [0.2, 0.25) is 0 Å². The van der Waals surface area contributed by atoms with Crippen LogP contribution in [0.1, 0.15) is 43.9 Å². The Bertz CT molecular complexity index is 755. The van der Waals surface area contributed by atoms with Gasteiger partial charge in [-0.1, -0.05) is 13.8 Å². The largest absolute Gasteiger partial charge is 0.493 e. The number of hydrogen-bond acceptors (Lipinski definition) is 9. The molecule has 0 aliphatic carbocycles. The number of carbonyl (C=O) groups is 1. The quantitative estimate of drug-likeness (QED) is 0.429. The van der Waals surface area contributed by atoms with Crippen molar-refractivity contribution in [3.63, 3.8) is 0 Å². The summed E-state index contributed by atoms with van der Waals surface area (Å²) < 4.78 is 9.91. The second-order valence-corrected chi connectivity index (χ2v) is 7.88. The van der Waals surface area contributed by atoms with Crippen LogP contribution in [0.25, 0.3) is 0 Å². The van der Waals surface area contributed by atoms with E-state index in [4.69, 9.17) is 24.8 Å². The maximum absolute atomic E-state index is 12.7. The molecular weight excluding hydrogens is 370 g/mol. The van der Waals surface area contributed by atoms with E-state index in [0.29, 0.717) is 24.9 Å². The Morgan fingerprint density at radius 1 is 1.25 bits per heavy atom. The predicted octanol–water partition coefficient (Wildman–Crippen LogP) is -0.165. The number of rotatable bonds is 5. The molecule has 0 amide bonds. The highest BCUT2D eigenvalue weighted by atomic mass is 16.9. The van der Waals surface area contributed by atoms with Crippen LogP contribution in [-0.2, 0) is 11.2 Å². The topological polar surface area (TPSA) is 140 Å². The van der Waals surface area contributed by atoms with Gasteiger partial charge < -0.3 is 35.0 Å². The first kappa shape index (κ1) is 21.0. The number of fused-ring (bicyclic) bond motifs is 3. The van der Waals surface area contributed by atoms with Gasteiger partial charge in [-0.05, 0) is 42.0 Å². The summed E-state index contributed by atoms with van der Waals surface area (Å²) >= 11 is 0. The van der Waals surface area contributed by atoms with Crippen molar-refractivity contribution in [3.05, 3.63) is 23.3 Å². The average Bonchev–Trinajstić information content (AvgIpc) is 2.56. The summed E-state index contributed by atoms with van der Waals surface area (Å²) in [6.45, 7) is 4.17.